The zero-order valence-corrected chi connectivity index (χ0v) is 21.5. The minimum Gasteiger partial charge on any atom is -0.394 e. The van der Waals surface area contributed by atoms with E-state index in [-0.39, 0.29) is 47.5 Å². The molecule has 1 fully saturated rings. The molecule has 0 unspecified atom stereocenters. The number of thioether (sulfide) groups is 1. The predicted molar refractivity (Wildman–Crippen MR) is 134 cm³/mol. The number of benzene rings is 1. The number of aliphatic hydroxyl groups excluding tert-OH is 1. The standard InChI is InChI=1S/C21H28ClFN6O3S2/c1-13-9-29(10-14(2)24-13)34(31,32)28-18-8-17(27-21(3,4)12-30)25-20(26-18)33-11-15-6-5-7-16(22)19(15)23/h5-8,14,24,30H,1,9-12H2,2-4H3,(H2,25,26,27,28)/t14-/m1/s1. The lowest BCUT2D eigenvalue weighted by atomic mass is 10.1. The average molecular weight is 531 g/mol. The lowest BCUT2D eigenvalue weighted by Gasteiger charge is -2.33. The lowest BCUT2D eigenvalue weighted by Crippen LogP contribution is -2.51. The quantitative estimate of drug-likeness (QED) is 0.288. The summed E-state index contributed by atoms with van der Waals surface area (Å²) < 4.78 is 44.1. The molecule has 2 heterocycles. The van der Waals surface area contributed by atoms with E-state index in [1.165, 1.54) is 16.4 Å². The van der Waals surface area contributed by atoms with Gasteiger partial charge >= 0.3 is 10.2 Å². The van der Waals surface area contributed by atoms with Crippen molar-refractivity contribution < 1.29 is 17.9 Å². The van der Waals surface area contributed by atoms with E-state index >= 15 is 0 Å². The zero-order valence-electron chi connectivity index (χ0n) is 19.1. The zero-order chi connectivity index (χ0) is 25.1. The van der Waals surface area contributed by atoms with Crippen LogP contribution in [-0.4, -0.2) is 59.1 Å². The van der Waals surface area contributed by atoms with Gasteiger partial charge in [-0.3, -0.25) is 4.72 Å². The second kappa shape index (κ2) is 10.6. The fourth-order valence-corrected chi connectivity index (χ4v) is 5.47. The Balaban J connectivity index is 1.88. The van der Waals surface area contributed by atoms with Gasteiger partial charge in [-0.25, -0.2) is 14.4 Å². The largest absolute Gasteiger partial charge is 0.394 e. The van der Waals surface area contributed by atoms with Gasteiger partial charge in [0.25, 0.3) is 0 Å². The minimum atomic E-state index is -3.94. The molecule has 0 radical (unpaired) electrons. The van der Waals surface area contributed by atoms with Crippen molar-refractivity contribution in [1.82, 2.24) is 19.6 Å². The van der Waals surface area contributed by atoms with Crippen LogP contribution in [0, 0.1) is 5.82 Å². The van der Waals surface area contributed by atoms with Crippen LogP contribution >= 0.6 is 23.4 Å². The number of aliphatic hydroxyl groups is 1. The summed E-state index contributed by atoms with van der Waals surface area (Å²) in [4.78, 5) is 8.72. The minimum absolute atomic E-state index is 0.0133. The first kappa shape index (κ1) is 26.5. The van der Waals surface area contributed by atoms with Crippen molar-refractivity contribution in [3.63, 3.8) is 0 Å². The van der Waals surface area contributed by atoms with Crippen LogP contribution in [0.2, 0.25) is 5.02 Å². The van der Waals surface area contributed by atoms with Gasteiger partial charge in [-0.15, -0.1) is 0 Å². The van der Waals surface area contributed by atoms with Gasteiger partial charge in [0.2, 0.25) is 0 Å². The molecule has 34 heavy (non-hydrogen) atoms. The van der Waals surface area contributed by atoms with E-state index in [0.29, 0.717) is 17.1 Å². The molecule has 1 aromatic heterocycles. The topological polar surface area (TPSA) is 119 Å². The van der Waals surface area contributed by atoms with Crippen LogP contribution in [0.3, 0.4) is 0 Å². The number of halogens is 2. The van der Waals surface area contributed by atoms with Crippen LogP contribution in [0.25, 0.3) is 0 Å². The first-order valence-electron chi connectivity index (χ1n) is 10.4. The van der Waals surface area contributed by atoms with Crippen molar-refractivity contribution in [2.24, 2.45) is 0 Å². The number of aromatic nitrogens is 2. The Morgan fingerprint density at radius 3 is 2.76 bits per heavy atom. The highest BCUT2D eigenvalue weighted by molar-refractivity contribution is 7.98. The van der Waals surface area contributed by atoms with E-state index < -0.39 is 21.6 Å². The molecule has 9 nitrogen and oxygen atoms in total. The molecular formula is C21H28ClFN6O3S2. The number of rotatable bonds is 9. The Labute approximate surface area is 208 Å². The smallest absolute Gasteiger partial charge is 0.303 e. The summed E-state index contributed by atoms with van der Waals surface area (Å²) in [6, 6.07) is 6.06. The van der Waals surface area contributed by atoms with E-state index in [2.05, 4.69) is 31.9 Å². The maximum atomic E-state index is 14.3. The molecule has 4 N–H and O–H groups in total. The van der Waals surface area contributed by atoms with Crippen molar-refractivity contribution in [2.45, 2.75) is 43.3 Å². The van der Waals surface area contributed by atoms with Crippen LogP contribution in [0.5, 0.6) is 0 Å². The lowest BCUT2D eigenvalue weighted by molar-refractivity contribution is 0.234. The highest BCUT2D eigenvalue weighted by Crippen LogP contribution is 2.28. The molecule has 0 saturated carbocycles. The Morgan fingerprint density at radius 2 is 2.09 bits per heavy atom. The van der Waals surface area contributed by atoms with Gasteiger partial charge in [0, 0.05) is 30.1 Å². The van der Waals surface area contributed by atoms with Gasteiger partial charge < -0.3 is 15.7 Å². The Hall–Kier alpha value is -2.12. The summed E-state index contributed by atoms with van der Waals surface area (Å²) in [6.45, 7) is 9.43. The third kappa shape index (κ3) is 6.95. The number of nitrogens with zero attached hydrogens (tertiary/aromatic N) is 3. The van der Waals surface area contributed by atoms with Gasteiger partial charge in [-0.1, -0.05) is 42.1 Å². The third-order valence-corrected chi connectivity index (χ3v) is 7.44. The van der Waals surface area contributed by atoms with Gasteiger partial charge in [-0.2, -0.15) is 12.7 Å². The SMILES string of the molecule is C=C1CN(S(=O)(=O)Nc2cc(NC(C)(C)CO)nc(SCc3cccc(Cl)c3F)n2)C[C@@H](C)N1. The van der Waals surface area contributed by atoms with E-state index in [1.54, 1.807) is 26.0 Å². The molecule has 3 rings (SSSR count). The first-order chi connectivity index (χ1) is 15.9. The van der Waals surface area contributed by atoms with Crippen molar-refractivity contribution in [3.8, 4) is 0 Å². The summed E-state index contributed by atoms with van der Waals surface area (Å²) >= 11 is 6.99. The molecular weight excluding hydrogens is 503 g/mol. The normalized spacial score (nSPS) is 17.4. The maximum absolute atomic E-state index is 14.3. The number of anilines is 2. The summed E-state index contributed by atoms with van der Waals surface area (Å²) in [7, 11) is -3.94. The van der Waals surface area contributed by atoms with Crippen LogP contribution in [0.4, 0.5) is 16.0 Å². The van der Waals surface area contributed by atoms with E-state index in [0.717, 1.165) is 11.8 Å². The number of hydrogen-bond acceptors (Lipinski definition) is 8. The van der Waals surface area contributed by atoms with E-state index in [1.807, 2.05) is 6.92 Å². The monoisotopic (exact) mass is 530 g/mol. The highest BCUT2D eigenvalue weighted by Gasteiger charge is 2.29. The molecule has 1 atom stereocenters. The molecule has 1 saturated heterocycles. The Morgan fingerprint density at radius 1 is 1.38 bits per heavy atom. The van der Waals surface area contributed by atoms with E-state index in [9.17, 15) is 17.9 Å². The predicted octanol–water partition coefficient (Wildman–Crippen LogP) is 3.21. The average Bonchev–Trinajstić information content (AvgIpc) is 2.73. The molecule has 0 amide bonds. The summed E-state index contributed by atoms with van der Waals surface area (Å²) in [5, 5.41) is 16.0. The Bertz CT molecular complexity index is 1170. The second-order valence-electron chi connectivity index (χ2n) is 8.64. The van der Waals surface area contributed by atoms with Crippen molar-refractivity contribution in [1.29, 1.82) is 0 Å². The summed E-state index contributed by atoms with van der Waals surface area (Å²) in [6.07, 6.45) is 0. The fourth-order valence-electron chi connectivity index (χ4n) is 3.20. The van der Waals surface area contributed by atoms with E-state index in [4.69, 9.17) is 11.6 Å². The first-order valence-corrected chi connectivity index (χ1v) is 13.2. The molecule has 1 aliphatic rings. The molecule has 0 aliphatic carbocycles. The second-order valence-corrected chi connectivity index (χ2v) is 11.7. The molecule has 0 bridgehead atoms. The molecule has 1 aromatic carbocycles. The molecule has 2 aromatic rings. The molecule has 186 valence electrons. The number of nitrogens with one attached hydrogen (secondary N) is 3. The summed E-state index contributed by atoms with van der Waals surface area (Å²) in [5.41, 5.74) is 0.237. The van der Waals surface area contributed by atoms with Gasteiger partial charge in [0.05, 0.1) is 23.7 Å². The van der Waals surface area contributed by atoms with Gasteiger partial charge in [0.1, 0.15) is 17.5 Å². The fraction of sp³-hybridized carbons (Fsp3) is 0.429. The molecule has 0 spiro atoms. The summed E-state index contributed by atoms with van der Waals surface area (Å²) in [5.74, 6) is -0.00189. The molecule has 1 aliphatic heterocycles. The van der Waals surface area contributed by atoms with Crippen molar-refractivity contribution in [2.75, 3.05) is 29.7 Å². The maximum Gasteiger partial charge on any atom is 0.303 e. The van der Waals surface area contributed by atoms with Crippen molar-refractivity contribution in [3.05, 3.63) is 52.9 Å². The van der Waals surface area contributed by atoms with Gasteiger partial charge in [0.15, 0.2) is 5.16 Å². The third-order valence-electron chi connectivity index (χ3n) is 4.82. The number of piperazine rings is 1. The Kier molecular flexibility index (Phi) is 8.30. The van der Waals surface area contributed by atoms with Crippen LogP contribution in [0.15, 0.2) is 41.7 Å². The van der Waals surface area contributed by atoms with Crippen LogP contribution in [0.1, 0.15) is 26.3 Å². The van der Waals surface area contributed by atoms with Crippen LogP contribution in [-0.2, 0) is 16.0 Å². The molecule has 13 heteroatoms. The highest BCUT2D eigenvalue weighted by atomic mass is 35.5. The number of hydrogen-bond donors (Lipinski definition) is 4. The van der Waals surface area contributed by atoms with Gasteiger partial charge in [-0.05, 0) is 32.4 Å². The van der Waals surface area contributed by atoms with Crippen molar-refractivity contribution >= 4 is 45.2 Å². The van der Waals surface area contributed by atoms with Crippen LogP contribution < -0.4 is 15.4 Å².